The molecule has 0 spiro atoms. The summed E-state index contributed by atoms with van der Waals surface area (Å²) in [5, 5.41) is 0. The Morgan fingerprint density at radius 2 is 0.750 bits per heavy atom. The average Bonchev–Trinajstić information content (AvgIpc) is 3.54. The minimum Gasteiger partial charge on any atom is -0.433 e. The monoisotopic (exact) mass is 474 g/mol. The van der Waals surface area contributed by atoms with Gasteiger partial charge >= 0.3 is 12.2 Å². The lowest BCUT2D eigenvalue weighted by atomic mass is 9.99. The van der Waals surface area contributed by atoms with Crippen molar-refractivity contribution in [2.45, 2.75) is 12.2 Å². The average molecular weight is 475 g/mol. The number of rotatable bonds is 4. The van der Waals surface area contributed by atoms with E-state index in [0.717, 1.165) is 22.3 Å². The minimum atomic E-state index is -0.525. The molecule has 2 heterocycles. The van der Waals surface area contributed by atoms with Crippen molar-refractivity contribution in [1.29, 1.82) is 0 Å². The highest BCUT2D eigenvalue weighted by Crippen LogP contribution is 2.29. The fourth-order valence-electron chi connectivity index (χ4n) is 4.04. The predicted molar refractivity (Wildman–Crippen MR) is 137 cm³/mol. The Hall–Kier alpha value is -4.84. The minimum absolute atomic E-state index is 0.402. The molecule has 0 saturated heterocycles. The number of cyclic esters (lactones) is 2. The molecule has 4 aromatic rings. The summed E-state index contributed by atoms with van der Waals surface area (Å²) in [7, 11) is 0. The summed E-state index contributed by atoms with van der Waals surface area (Å²) in [6.07, 6.45) is -1.85. The second-order valence-corrected chi connectivity index (χ2v) is 8.08. The molecule has 0 aliphatic carbocycles. The number of benzene rings is 4. The number of hydrogen-bond acceptors (Lipinski definition) is 4. The normalized spacial score (nSPS) is 18.3. The second kappa shape index (κ2) is 10.6. The number of amides is 2. The SMILES string of the molecule is O=C1N=C(c2ccccc2)C(c2ccccc2)O1.O=C1N=C(c2ccccc2)C(c2ccccc2)O1. The smallest absolute Gasteiger partial charge is 0.433 e. The van der Waals surface area contributed by atoms with E-state index in [4.69, 9.17) is 9.47 Å². The van der Waals surface area contributed by atoms with Crippen LogP contribution in [0.3, 0.4) is 0 Å². The number of carbonyl (C=O) groups is 2. The Balaban J connectivity index is 0.000000148. The fourth-order valence-corrected chi connectivity index (χ4v) is 4.04. The van der Waals surface area contributed by atoms with Crippen LogP contribution in [0.1, 0.15) is 34.5 Å². The summed E-state index contributed by atoms with van der Waals surface area (Å²) in [5.74, 6) is 0. The van der Waals surface area contributed by atoms with E-state index in [1.807, 2.05) is 121 Å². The number of hydrogen-bond donors (Lipinski definition) is 0. The van der Waals surface area contributed by atoms with Gasteiger partial charge in [0, 0.05) is 11.1 Å². The Morgan fingerprint density at radius 1 is 0.444 bits per heavy atom. The van der Waals surface area contributed by atoms with Crippen LogP contribution in [0.2, 0.25) is 0 Å². The van der Waals surface area contributed by atoms with E-state index >= 15 is 0 Å². The van der Waals surface area contributed by atoms with Crippen molar-refractivity contribution >= 4 is 23.6 Å². The summed E-state index contributed by atoms with van der Waals surface area (Å²) < 4.78 is 10.5. The van der Waals surface area contributed by atoms with Crippen LogP contribution in [-0.4, -0.2) is 23.6 Å². The quantitative estimate of drug-likeness (QED) is 0.328. The molecule has 36 heavy (non-hydrogen) atoms. The number of nitrogens with zero attached hydrogens (tertiary/aromatic N) is 2. The van der Waals surface area contributed by atoms with Crippen LogP contribution >= 0.6 is 0 Å². The summed E-state index contributed by atoms with van der Waals surface area (Å²) in [5.41, 5.74) is 5.05. The van der Waals surface area contributed by atoms with E-state index in [1.54, 1.807) is 0 Å². The van der Waals surface area contributed by atoms with Gasteiger partial charge in [-0.25, -0.2) is 9.59 Å². The van der Waals surface area contributed by atoms with Gasteiger partial charge in [0.2, 0.25) is 0 Å². The van der Waals surface area contributed by atoms with Crippen molar-refractivity contribution in [2.75, 3.05) is 0 Å². The molecule has 0 fully saturated rings. The Kier molecular flexibility index (Phi) is 6.76. The highest BCUT2D eigenvalue weighted by atomic mass is 16.6. The maximum absolute atomic E-state index is 11.4. The molecule has 6 nitrogen and oxygen atoms in total. The van der Waals surface area contributed by atoms with Gasteiger partial charge in [0.1, 0.15) is 11.4 Å². The molecular weight excluding hydrogens is 452 g/mol. The van der Waals surface area contributed by atoms with Crippen molar-refractivity contribution in [2.24, 2.45) is 9.98 Å². The van der Waals surface area contributed by atoms with Crippen LogP contribution in [-0.2, 0) is 9.47 Å². The highest BCUT2D eigenvalue weighted by Gasteiger charge is 2.31. The Morgan fingerprint density at radius 3 is 1.08 bits per heavy atom. The molecule has 0 bridgehead atoms. The standard InChI is InChI=1S/2C15H11NO2/c2*17-15-16-13(11-7-3-1-4-8-11)14(18-15)12-9-5-2-6-10-12/h2*1-10,14H. The van der Waals surface area contributed by atoms with Crippen LogP contribution < -0.4 is 0 Å². The lowest BCUT2D eigenvalue weighted by molar-refractivity contribution is 0.148. The van der Waals surface area contributed by atoms with Gasteiger partial charge in [-0.15, -0.1) is 0 Å². The first-order valence-electron chi connectivity index (χ1n) is 11.5. The molecule has 2 unspecified atom stereocenters. The zero-order valence-electron chi connectivity index (χ0n) is 19.2. The van der Waals surface area contributed by atoms with Gasteiger partial charge in [-0.1, -0.05) is 121 Å². The topological polar surface area (TPSA) is 77.3 Å². The van der Waals surface area contributed by atoms with Crippen LogP contribution in [0.25, 0.3) is 0 Å². The third-order valence-electron chi connectivity index (χ3n) is 5.70. The van der Waals surface area contributed by atoms with Crippen molar-refractivity contribution in [3.05, 3.63) is 144 Å². The molecule has 0 radical (unpaired) electrons. The molecule has 0 saturated carbocycles. The van der Waals surface area contributed by atoms with Crippen molar-refractivity contribution in [3.8, 4) is 0 Å². The van der Waals surface area contributed by atoms with Gasteiger partial charge in [-0.05, 0) is 11.1 Å². The van der Waals surface area contributed by atoms with Gasteiger partial charge in [-0.2, -0.15) is 9.98 Å². The van der Waals surface area contributed by atoms with Gasteiger partial charge in [0.15, 0.2) is 12.2 Å². The van der Waals surface area contributed by atoms with Gasteiger partial charge in [-0.3, -0.25) is 0 Å². The predicted octanol–water partition coefficient (Wildman–Crippen LogP) is 6.73. The highest BCUT2D eigenvalue weighted by molar-refractivity contribution is 6.12. The van der Waals surface area contributed by atoms with Crippen molar-refractivity contribution < 1.29 is 19.1 Å². The Bertz CT molecular complexity index is 1290. The van der Waals surface area contributed by atoms with Crippen LogP contribution in [0.5, 0.6) is 0 Å². The van der Waals surface area contributed by atoms with Gasteiger partial charge in [0.25, 0.3) is 0 Å². The van der Waals surface area contributed by atoms with E-state index in [-0.39, 0.29) is 0 Å². The largest absolute Gasteiger partial charge is 0.435 e. The summed E-state index contributed by atoms with van der Waals surface area (Å²) in [4.78, 5) is 30.7. The zero-order chi connectivity index (χ0) is 24.7. The number of carbonyl (C=O) groups excluding carboxylic acids is 2. The molecular formula is C30H22N2O4. The van der Waals surface area contributed by atoms with E-state index in [2.05, 4.69) is 9.98 Å². The lowest BCUT2D eigenvalue weighted by Crippen LogP contribution is -2.11. The molecule has 2 aliphatic heterocycles. The number of aliphatic imine (C=N–C) groups is 2. The maximum atomic E-state index is 11.4. The van der Waals surface area contributed by atoms with Crippen molar-refractivity contribution in [3.63, 3.8) is 0 Å². The van der Waals surface area contributed by atoms with Gasteiger partial charge in [0.05, 0.1) is 0 Å². The van der Waals surface area contributed by atoms with Crippen LogP contribution in [0, 0.1) is 0 Å². The van der Waals surface area contributed by atoms with Crippen LogP contribution in [0.4, 0.5) is 9.59 Å². The summed E-state index contributed by atoms with van der Waals surface area (Å²) in [6, 6.07) is 38.5. The molecule has 2 aliphatic rings. The molecule has 6 heteroatoms. The lowest BCUT2D eigenvalue weighted by Gasteiger charge is -2.12. The number of ether oxygens (including phenoxy) is 2. The van der Waals surface area contributed by atoms with Crippen molar-refractivity contribution in [1.82, 2.24) is 0 Å². The molecule has 4 aromatic carbocycles. The summed E-state index contributed by atoms with van der Waals surface area (Å²) >= 11 is 0. The first kappa shape index (κ1) is 22.9. The zero-order valence-corrected chi connectivity index (χ0v) is 19.2. The van der Waals surface area contributed by atoms with E-state index < -0.39 is 24.4 Å². The summed E-state index contributed by atoms with van der Waals surface area (Å²) in [6.45, 7) is 0. The molecule has 2 amide bonds. The van der Waals surface area contributed by atoms with E-state index in [9.17, 15) is 9.59 Å². The third kappa shape index (κ3) is 5.13. The molecule has 2 atom stereocenters. The third-order valence-corrected chi connectivity index (χ3v) is 5.70. The molecule has 176 valence electrons. The van der Waals surface area contributed by atoms with Crippen LogP contribution in [0.15, 0.2) is 131 Å². The fraction of sp³-hybridized carbons (Fsp3) is 0.0667. The van der Waals surface area contributed by atoms with E-state index in [0.29, 0.717) is 11.4 Å². The van der Waals surface area contributed by atoms with E-state index in [1.165, 1.54) is 0 Å². The molecule has 6 rings (SSSR count). The molecule has 0 aromatic heterocycles. The first-order valence-corrected chi connectivity index (χ1v) is 11.5. The van der Waals surface area contributed by atoms with Gasteiger partial charge < -0.3 is 9.47 Å². The molecule has 0 N–H and O–H groups in total. The Labute approximate surface area is 208 Å². The first-order chi connectivity index (χ1) is 17.7. The second-order valence-electron chi connectivity index (χ2n) is 8.08. The maximum Gasteiger partial charge on any atom is 0.435 e.